The summed E-state index contributed by atoms with van der Waals surface area (Å²) in [6, 6.07) is 15.8. The van der Waals surface area contributed by atoms with Crippen LogP contribution in [0.25, 0.3) is 0 Å². The Hall–Kier alpha value is -1.92. The van der Waals surface area contributed by atoms with Gasteiger partial charge >= 0.3 is 0 Å². The highest BCUT2D eigenvalue weighted by molar-refractivity contribution is 6.04. The molecular formula is C20H26ClN3O2. The van der Waals surface area contributed by atoms with Crippen molar-refractivity contribution in [1.82, 2.24) is 4.90 Å². The van der Waals surface area contributed by atoms with Crippen molar-refractivity contribution in [2.45, 2.75) is 19.5 Å². The predicted molar refractivity (Wildman–Crippen MR) is 107 cm³/mol. The Labute approximate surface area is 160 Å². The number of amides is 1. The van der Waals surface area contributed by atoms with E-state index in [0.29, 0.717) is 18.2 Å². The topological polar surface area (TPSA) is 67.6 Å². The van der Waals surface area contributed by atoms with Gasteiger partial charge in [0, 0.05) is 36.9 Å². The summed E-state index contributed by atoms with van der Waals surface area (Å²) in [6.07, 6.45) is 0. The van der Waals surface area contributed by atoms with Crippen LogP contribution in [-0.4, -0.2) is 37.1 Å². The number of halogens is 1. The van der Waals surface area contributed by atoms with E-state index >= 15 is 0 Å². The van der Waals surface area contributed by atoms with Crippen molar-refractivity contribution in [2.75, 3.05) is 31.6 Å². The molecule has 1 aliphatic rings. The van der Waals surface area contributed by atoms with Gasteiger partial charge in [0.1, 0.15) is 0 Å². The summed E-state index contributed by atoms with van der Waals surface area (Å²) >= 11 is 0. The van der Waals surface area contributed by atoms with E-state index in [-0.39, 0.29) is 18.3 Å². The zero-order valence-electron chi connectivity index (χ0n) is 15.0. The normalized spacial score (nSPS) is 15.8. The van der Waals surface area contributed by atoms with E-state index in [1.807, 2.05) is 24.3 Å². The first-order valence-electron chi connectivity index (χ1n) is 8.69. The summed E-state index contributed by atoms with van der Waals surface area (Å²) < 4.78 is 5.41. The van der Waals surface area contributed by atoms with Gasteiger partial charge in [-0.05, 0) is 42.3 Å². The van der Waals surface area contributed by atoms with Crippen LogP contribution in [0.2, 0.25) is 0 Å². The van der Waals surface area contributed by atoms with E-state index in [1.165, 1.54) is 5.56 Å². The summed E-state index contributed by atoms with van der Waals surface area (Å²) in [5, 5.41) is 2.94. The molecule has 1 atom stereocenters. The van der Waals surface area contributed by atoms with Crippen molar-refractivity contribution >= 4 is 24.0 Å². The van der Waals surface area contributed by atoms with Gasteiger partial charge in [-0.1, -0.05) is 24.3 Å². The molecule has 1 aliphatic heterocycles. The van der Waals surface area contributed by atoms with Crippen molar-refractivity contribution in [3.05, 3.63) is 65.2 Å². The zero-order chi connectivity index (χ0) is 17.6. The second-order valence-electron chi connectivity index (χ2n) is 6.30. The van der Waals surface area contributed by atoms with Crippen LogP contribution >= 0.6 is 12.4 Å². The molecule has 1 amide bonds. The molecule has 0 radical (unpaired) electrons. The highest BCUT2D eigenvalue weighted by atomic mass is 35.5. The first-order valence-corrected chi connectivity index (χ1v) is 8.69. The van der Waals surface area contributed by atoms with Gasteiger partial charge < -0.3 is 15.8 Å². The lowest BCUT2D eigenvalue weighted by atomic mass is 10.1. The number of nitrogens with zero attached hydrogens (tertiary/aromatic N) is 1. The smallest absolute Gasteiger partial charge is 0.255 e. The molecule has 140 valence electrons. The maximum Gasteiger partial charge on any atom is 0.255 e. The Morgan fingerprint density at radius 1 is 1.12 bits per heavy atom. The van der Waals surface area contributed by atoms with Crippen LogP contribution in [0.15, 0.2) is 48.5 Å². The Morgan fingerprint density at radius 2 is 1.73 bits per heavy atom. The SMILES string of the molecule is CC(c1ccc(NC(=O)c2ccc(CN)cc2)cc1)N1CCOCC1.Cl. The lowest BCUT2D eigenvalue weighted by molar-refractivity contribution is 0.0198. The third kappa shape index (κ3) is 5.05. The van der Waals surface area contributed by atoms with Gasteiger partial charge in [-0.2, -0.15) is 0 Å². The lowest BCUT2D eigenvalue weighted by Gasteiger charge is -2.32. The van der Waals surface area contributed by atoms with E-state index < -0.39 is 0 Å². The minimum absolute atomic E-state index is 0. The predicted octanol–water partition coefficient (Wildman–Crippen LogP) is 3.21. The summed E-state index contributed by atoms with van der Waals surface area (Å²) in [6.45, 7) is 6.18. The molecule has 0 saturated carbocycles. The lowest BCUT2D eigenvalue weighted by Crippen LogP contribution is -2.37. The first kappa shape index (κ1) is 20.4. The van der Waals surface area contributed by atoms with Crippen LogP contribution in [-0.2, 0) is 11.3 Å². The fraction of sp³-hybridized carbons (Fsp3) is 0.350. The molecule has 1 unspecified atom stereocenters. The maximum absolute atomic E-state index is 12.3. The molecule has 1 heterocycles. The summed E-state index contributed by atoms with van der Waals surface area (Å²) in [5.74, 6) is -0.113. The number of morpholine rings is 1. The molecule has 0 aliphatic carbocycles. The van der Waals surface area contributed by atoms with Crippen LogP contribution in [0, 0.1) is 0 Å². The average molecular weight is 376 g/mol. The molecule has 1 fully saturated rings. The number of nitrogens with two attached hydrogens (primary N) is 1. The zero-order valence-corrected chi connectivity index (χ0v) is 15.8. The van der Waals surface area contributed by atoms with Gasteiger partial charge in [0.2, 0.25) is 0 Å². The van der Waals surface area contributed by atoms with Gasteiger partial charge in [-0.15, -0.1) is 12.4 Å². The van der Waals surface area contributed by atoms with Crippen molar-refractivity contribution < 1.29 is 9.53 Å². The molecule has 0 bridgehead atoms. The second-order valence-corrected chi connectivity index (χ2v) is 6.30. The van der Waals surface area contributed by atoms with E-state index in [0.717, 1.165) is 37.6 Å². The molecule has 3 N–H and O–H groups in total. The van der Waals surface area contributed by atoms with E-state index in [2.05, 4.69) is 29.3 Å². The molecule has 2 aromatic carbocycles. The quantitative estimate of drug-likeness (QED) is 0.842. The molecule has 0 spiro atoms. The van der Waals surface area contributed by atoms with Crippen molar-refractivity contribution in [1.29, 1.82) is 0 Å². The number of anilines is 1. The number of hydrogen-bond acceptors (Lipinski definition) is 4. The number of ether oxygens (including phenoxy) is 1. The van der Waals surface area contributed by atoms with E-state index in [1.54, 1.807) is 12.1 Å². The monoisotopic (exact) mass is 375 g/mol. The summed E-state index contributed by atoms with van der Waals surface area (Å²) in [7, 11) is 0. The Morgan fingerprint density at radius 3 is 2.31 bits per heavy atom. The van der Waals surface area contributed by atoms with Crippen LogP contribution < -0.4 is 11.1 Å². The van der Waals surface area contributed by atoms with Crippen molar-refractivity contribution in [3.63, 3.8) is 0 Å². The Balaban J connectivity index is 0.00000243. The number of rotatable bonds is 5. The van der Waals surface area contributed by atoms with Gasteiger partial charge in [0.25, 0.3) is 5.91 Å². The number of carbonyl (C=O) groups is 1. The summed E-state index contributed by atoms with van der Waals surface area (Å²) in [4.78, 5) is 14.7. The highest BCUT2D eigenvalue weighted by Crippen LogP contribution is 2.23. The van der Waals surface area contributed by atoms with Gasteiger partial charge in [-0.25, -0.2) is 0 Å². The van der Waals surface area contributed by atoms with Crippen LogP contribution in [0.3, 0.4) is 0 Å². The first-order chi connectivity index (χ1) is 12.2. The number of hydrogen-bond donors (Lipinski definition) is 2. The van der Waals surface area contributed by atoms with Gasteiger partial charge in [-0.3, -0.25) is 9.69 Å². The molecule has 2 aromatic rings. The fourth-order valence-electron chi connectivity index (χ4n) is 3.02. The maximum atomic E-state index is 12.3. The molecule has 5 nitrogen and oxygen atoms in total. The van der Waals surface area contributed by atoms with Crippen LogP contribution in [0.4, 0.5) is 5.69 Å². The Bertz CT molecular complexity index is 698. The molecule has 26 heavy (non-hydrogen) atoms. The van der Waals surface area contributed by atoms with Gasteiger partial charge in [0.15, 0.2) is 0 Å². The standard InChI is InChI=1S/C20H25N3O2.ClH/c1-15(23-10-12-25-13-11-23)17-6-8-19(9-7-17)22-20(24)18-4-2-16(14-21)3-5-18;/h2-9,15H,10-14,21H2,1H3,(H,22,24);1H. The third-order valence-electron chi connectivity index (χ3n) is 4.70. The minimum Gasteiger partial charge on any atom is -0.379 e. The third-order valence-corrected chi connectivity index (χ3v) is 4.70. The minimum atomic E-state index is -0.113. The second kappa shape index (κ2) is 9.69. The van der Waals surface area contributed by atoms with Gasteiger partial charge in [0.05, 0.1) is 13.2 Å². The highest BCUT2D eigenvalue weighted by Gasteiger charge is 2.18. The fourth-order valence-corrected chi connectivity index (χ4v) is 3.02. The largest absolute Gasteiger partial charge is 0.379 e. The molecule has 1 saturated heterocycles. The molecular weight excluding hydrogens is 350 g/mol. The number of benzene rings is 2. The molecule has 0 aromatic heterocycles. The molecule has 6 heteroatoms. The van der Waals surface area contributed by atoms with Crippen LogP contribution in [0.1, 0.15) is 34.5 Å². The molecule has 3 rings (SSSR count). The van der Waals surface area contributed by atoms with Crippen LogP contribution in [0.5, 0.6) is 0 Å². The average Bonchev–Trinajstić information content (AvgIpc) is 2.68. The number of carbonyl (C=O) groups excluding carboxylic acids is 1. The van der Waals surface area contributed by atoms with Crippen molar-refractivity contribution in [3.8, 4) is 0 Å². The van der Waals surface area contributed by atoms with E-state index in [4.69, 9.17) is 10.5 Å². The number of nitrogens with one attached hydrogen (secondary N) is 1. The summed E-state index contributed by atoms with van der Waals surface area (Å²) in [5.41, 5.74) is 9.26. The van der Waals surface area contributed by atoms with Crippen molar-refractivity contribution in [2.24, 2.45) is 5.73 Å². The Kier molecular flexibility index (Phi) is 7.60. The van der Waals surface area contributed by atoms with E-state index in [9.17, 15) is 4.79 Å².